The van der Waals surface area contributed by atoms with E-state index in [1.807, 2.05) is 0 Å². The lowest BCUT2D eigenvalue weighted by Crippen LogP contribution is -2.55. The minimum Gasteiger partial charge on any atom is -0.351 e. The van der Waals surface area contributed by atoms with Gasteiger partial charge in [0.05, 0.1) is 6.54 Å². The third-order valence-electron chi connectivity index (χ3n) is 4.64. The van der Waals surface area contributed by atoms with Gasteiger partial charge < -0.3 is 15.5 Å². The van der Waals surface area contributed by atoms with Crippen LogP contribution in [0.5, 0.6) is 0 Å². The SMILES string of the molecule is NC(=O)N1CCN2C(=O)N(CC3CCCC3)C(=O)C2C1. The summed E-state index contributed by atoms with van der Waals surface area (Å²) in [5.41, 5.74) is 5.26. The van der Waals surface area contributed by atoms with Gasteiger partial charge in [-0.25, -0.2) is 9.59 Å². The molecule has 0 spiro atoms. The number of nitrogens with two attached hydrogens (primary N) is 1. The fourth-order valence-corrected chi connectivity index (χ4v) is 3.47. The van der Waals surface area contributed by atoms with E-state index < -0.39 is 12.1 Å². The molecule has 0 aromatic rings. The van der Waals surface area contributed by atoms with Crippen molar-refractivity contribution in [2.45, 2.75) is 31.7 Å². The number of carbonyl (C=O) groups excluding carboxylic acids is 3. The van der Waals surface area contributed by atoms with E-state index in [-0.39, 0.29) is 18.5 Å². The molecule has 7 nitrogen and oxygen atoms in total. The lowest BCUT2D eigenvalue weighted by atomic mass is 10.1. The molecule has 5 amide bonds. The fourth-order valence-electron chi connectivity index (χ4n) is 3.47. The monoisotopic (exact) mass is 280 g/mol. The molecule has 3 rings (SSSR count). The van der Waals surface area contributed by atoms with Crippen LogP contribution in [0.1, 0.15) is 25.7 Å². The summed E-state index contributed by atoms with van der Waals surface area (Å²) in [6.45, 7) is 1.55. The zero-order valence-electron chi connectivity index (χ0n) is 11.5. The summed E-state index contributed by atoms with van der Waals surface area (Å²) >= 11 is 0. The lowest BCUT2D eigenvalue weighted by molar-refractivity contribution is -0.129. The molecular formula is C13H20N4O3. The molecule has 0 aromatic heterocycles. The maximum absolute atomic E-state index is 12.4. The molecule has 7 heteroatoms. The highest BCUT2D eigenvalue weighted by atomic mass is 16.2. The van der Waals surface area contributed by atoms with Gasteiger partial charge in [0.2, 0.25) is 0 Å². The second kappa shape index (κ2) is 4.96. The van der Waals surface area contributed by atoms with Gasteiger partial charge in [-0.3, -0.25) is 9.69 Å². The van der Waals surface area contributed by atoms with E-state index in [0.717, 1.165) is 12.8 Å². The van der Waals surface area contributed by atoms with Crippen molar-refractivity contribution in [2.24, 2.45) is 11.7 Å². The normalized spacial score (nSPS) is 27.4. The molecule has 2 heterocycles. The quantitative estimate of drug-likeness (QED) is 0.733. The van der Waals surface area contributed by atoms with E-state index in [0.29, 0.717) is 25.6 Å². The fraction of sp³-hybridized carbons (Fsp3) is 0.769. The average molecular weight is 280 g/mol. The highest BCUT2D eigenvalue weighted by Crippen LogP contribution is 2.29. The summed E-state index contributed by atoms with van der Waals surface area (Å²) in [4.78, 5) is 40.3. The number of hydrogen-bond donors (Lipinski definition) is 1. The van der Waals surface area contributed by atoms with Crippen LogP contribution in [-0.2, 0) is 4.79 Å². The van der Waals surface area contributed by atoms with Crippen LogP contribution in [0.3, 0.4) is 0 Å². The van der Waals surface area contributed by atoms with Gasteiger partial charge in [0, 0.05) is 19.6 Å². The predicted octanol–water partition coefficient (Wildman–Crippen LogP) is 0.204. The second-order valence-corrected chi connectivity index (χ2v) is 5.88. The zero-order chi connectivity index (χ0) is 14.3. The number of urea groups is 2. The first-order valence-corrected chi connectivity index (χ1v) is 7.24. The topological polar surface area (TPSA) is 87.0 Å². The first-order chi connectivity index (χ1) is 9.58. The van der Waals surface area contributed by atoms with Crippen LogP contribution in [0.2, 0.25) is 0 Å². The first-order valence-electron chi connectivity index (χ1n) is 7.24. The van der Waals surface area contributed by atoms with Crippen LogP contribution in [0.4, 0.5) is 9.59 Å². The van der Waals surface area contributed by atoms with Gasteiger partial charge in [-0.2, -0.15) is 0 Å². The average Bonchev–Trinajstić information content (AvgIpc) is 3.02. The molecular weight excluding hydrogens is 260 g/mol. The van der Waals surface area contributed by atoms with Crippen molar-refractivity contribution < 1.29 is 14.4 Å². The van der Waals surface area contributed by atoms with Gasteiger partial charge >= 0.3 is 12.1 Å². The number of hydrogen-bond acceptors (Lipinski definition) is 3. The number of carbonyl (C=O) groups is 3. The first kappa shape index (κ1) is 13.2. The van der Waals surface area contributed by atoms with Crippen molar-refractivity contribution >= 4 is 18.0 Å². The summed E-state index contributed by atoms with van der Waals surface area (Å²) in [7, 11) is 0. The molecule has 0 radical (unpaired) electrons. The third-order valence-corrected chi connectivity index (χ3v) is 4.64. The Morgan fingerprint density at radius 3 is 2.55 bits per heavy atom. The summed E-state index contributed by atoms with van der Waals surface area (Å²) in [5.74, 6) is 0.268. The number of nitrogens with zero attached hydrogens (tertiary/aromatic N) is 3. The maximum atomic E-state index is 12.4. The molecule has 2 aliphatic heterocycles. The number of imide groups is 1. The molecule has 20 heavy (non-hydrogen) atoms. The minimum atomic E-state index is -0.537. The van der Waals surface area contributed by atoms with Gasteiger partial charge in [0.1, 0.15) is 6.04 Å². The van der Waals surface area contributed by atoms with Gasteiger partial charge in [-0.1, -0.05) is 12.8 Å². The summed E-state index contributed by atoms with van der Waals surface area (Å²) in [5, 5.41) is 0. The number of piperazine rings is 1. The van der Waals surface area contributed by atoms with Crippen molar-refractivity contribution in [3.05, 3.63) is 0 Å². The van der Waals surface area contributed by atoms with Crippen LogP contribution in [0, 0.1) is 5.92 Å². The Bertz CT molecular complexity index is 447. The maximum Gasteiger partial charge on any atom is 0.327 e. The Labute approximate surface area is 117 Å². The number of fused-ring (bicyclic) bond motifs is 1. The molecule has 1 unspecified atom stereocenters. The predicted molar refractivity (Wildman–Crippen MR) is 70.7 cm³/mol. The second-order valence-electron chi connectivity index (χ2n) is 5.88. The molecule has 3 fully saturated rings. The Balaban J connectivity index is 1.71. The Morgan fingerprint density at radius 1 is 1.20 bits per heavy atom. The molecule has 1 atom stereocenters. The minimum absolute atomic E-state index is 0.173. The van der Waals surface area contributed by atoms with Crippen molar-refractivity contribution in [2.75, 3.05) is 26.2 Å². The molecule has 0 aromatic carbocycles. The summed E-state index contributed by atoms with van der Waals surface area (Å²) in [6, 6.07) is -1.26. The third kappa shape index (κ3) is 2.10. The number of primary amides is 1. The van der Waals surface area contributed by atoms with Gasteiger partial charge in [-0.15, -0.1) is 0 Å². The standard InChI is InChI=1S/C13H20N4O3/c14-12(19)15-5-6-16-10(8-15)11(18)17(13(16)20)7-9-3-1-2-4-9/h9-10H,1-8H2,(H2,14,19). The van der Waals surface area contributed by atoms with E-state index in [2.05, 4.69) is 0 Å². The van der Waals surface area contributed by atoms with Crippen molar-refractivity contribution in [3.8, 4) is 0 Å². The molecule has 110 valence electrons. The van der Waals surface area contributed by atoms with E-state index in [9.17, 15) is 14.4 Å². The van der Waals surface area contributed by atoms with Crippen LogP contribution in [0.15, 0.2) is 0 Å². The van der Waals surface area contributed by atoms with Gasteiger partial charge in [0.25, 0.3) is 5.91 Å². The molecule has 3 aliphatic rings. The highest BCUT2D eigenvalue weighted by molar-refractivity contribution is 6.04. The Kier molecular flexibility index (Phi) is 3.27. The van der Waals surface area contributed by atoms with Crippen molar-refractivity contribution in [3.63, 3.8) is 0 Å². The molecule has 1 saturated carbocycles. The van der Waals surface area contributed by atoms with E-state index in [4.69, 9.17) is 5.73 Å². The number of amides is 5. The van der Waals surface area contributed by atoms with E-state index in [1.54, 1.807) is 4.90 Å². The Hall–Kier alpha value is -1.79. The molecule has 2 saturated heterocycles. The van der Waals surface area contributed by atoms with Crippen LogP contribution >= 0.6 is 0 Å². The smallest absolute Gasteiger partial charge is 0.327 e. The number of rotatable bonds is 2. The van der Waals surface area contributed by atoms with Gasteiger partial charge in [0.15, 0.2) is 0 Å². The van der Waals surface area contributed by atoms with Crippen molar-refractivity contribution in [1.82, 2.24) is 14.7 Å². The molecule has 1 aliphatic carbocycles. The zero-order valence-corrected chi connectivity index (χ0v) is 11.5. The van der Waals surface area contributed by atoms with E-state index >= 15 is 0 Å². The van der Waals surface area contributed by atoms with E-state index in [1.165, 1.54) is 22.6 Å². The highest BCUT2D eigenvalue weighted by Gasteiger charge is 2.48. The molecule has 0 bridgehead atoms. The van der Waals surface area contributed by atoms with Crippen LogP contribution in [-0.4, -0.2) is 64.9 Å². The largest absolute Gasteiger partial charge is 0.351 e. The molecule has 2 N–H and O–H groups in total. The van der Waals surface area contributed by atoms with Crippen LogP contribution in [0.25, 0.3) is 0 Å². The van der Waals surface area contributed by atoms with Gasteiger partial charge in [-0.05, 0) is 18.8 Å². The Morgan fingerprint density at radius 2 is 1.90 bits per heavy atom. The summed E-state index contributed by atoms with van der Waals surface area (Å²) < 4.78 is 0. The van der Waals surface area contributed by atoms with Crippen molar-refractivity contribution in [1.29, 1.82) is 0 Å². The lowest BCUT2D eigenvalue weighted by Gasteiger charge is -2.34. The van der Waals surface area contributed by atoms with Crippen LogP contribution < -0.4 is 5.73 Å². The summed E-state index contributed by atoms with van der Waals surface area (Å²) in [6.07, 6.45) is 4.55.